The van der Waals surface area contributed by atoms with Gasteiger partial charge in [-0.15, -0.1) is 4.40 Å². The van der Waals surface area contributed by atoms with E-state index in [4.69, 9.17) is 4.74 Å². The van der Waals surface area contributed by atoms with Gasteiger partial charge in [-0.2, -0.15) is 5.10 Å². The lowest BCUT2D eigenvalue weighted by atomic mass is 9.91. The Kier molecular flexibility index (Phi) is 6.36. The van der Waals surface area contributed by atoms with Gasteiger partial charge in [0.15, 0.2) is 0 Å². The van der Waals surface area contributed by atoms with Crippen molar-refractivity contribution in [2.45, 2.75) is 43.5 Å². The van der Waals surface area contributed by atoms with Crippen LogP contribution in [0.15, 0.2) is 65.2 Å². The van der Waals surface area contributed by atoms with Crippen molar-refractivity contribution in [2.75, 3.05) is 6.61 Å². The molecule has 7 nitrogen and oxygen atoms in total. The lowest BCUT2D eigenvalue weighted by Gasteiger charge is -2.38. The maximum Gasteiger partial charge on any atom is 0.267 e. The van der Waals surface area contributed by atoms with Crippen LogP contribution in [0.4, 0.5) is 4.39 Å². The molecule has 0 saturated carbocycles. The molecule has 0 spiro atoms. The minimum absolute atomic E-state index is 0.0204. The number of aliphatic hydroxyl groups is 1. The number of nitrogens with zero attached hydrogens (tertiary/aromatic N) is 2. The van der Waals surface area contributed by atoms with Crippen LogP contribution in [0.3, 0.4) is 0 Å². The molecule has 1 unspecified atom stereocenters. The third-order valence-electron chi connectivity index (χ3n) is 5.81. The second kappa shape index (κ2) is 9.07. The molecule has 33 heavy (non-hydrogen) atoms. The van der Waals surface area contributed by atoms with Gasteiger partial charge in [0.25, 0.3) is 10.0 Å². The summed E-state index contributed by atoms with van der Waals surface area (Å²) in [5, 5.41) is 15.3. The number of sulfonamides is 1. The lowest BCUT2D eigenvalue weighted by molar-refractivity contribution is 0.0797. The molecule has 0 radical (unpaired) electrons. The molecule has 2 atom stereocenters. The first-order valence-corrected chi connectivity index (χ1v) is 12.2. The quantitative estimate of drug-likeness (QED) is 0.533. The van der Waals surface area contributed by atoms with Gasteiger partial charge in [-0.25, -0.2) is 12.8 Å². The topological polar surface area (TPSA) is 105 Å². The Morgan fingerprint density at radius 1 is 1.15 bits per heavy atom. The summed E-state index contributed by atoms with van der Waals surface area (Å²) in [6.45, 7) is 3.24. The number of hydrogen-bond acceptors (Lipinski definition) is 5. The maximum absolute atomic E-state index is 14.4. The van der Waals surface area contributed by atoms with E-state index in [2.05, 4.69) is 14.6 Å². The highest BCUT2D eigenvalue weighted by Gasteiger charge is 2.47. The van der Waals surface area contributed by atoms with Crippen LogP contribution in [-0.2, 0) is 14.8 Å². The summed E-state index contributed by atoms with van der Waals surface area (Å²) in [6.07, 6.45) is 1.96. The molecule has 1 aliphatic rings. The molecular weight excluding hydrogens is 445 g/mol. The van der Waals surface area contributed by atoms with E-state index in [9.17, 15) is 17.9 Å². The smallest absolute Gasteiger partial charge is 0.267 e. The van der Waals surface area contributed by atoms with Gasteiger partial charge in [0.05, 0.1) is 5.69 Å². The largest absolute Gasteiger partial charge is 0.472 e. The van der Waals surface area contributed by atoms with E-state index in [0.29, 0.717) is 11.1 Å². The van der Waals surface area contributed by atoms with Crippen molar-refractivity contribution in [2.24, 2.45) is 4.40 Å². The Balaban J connectivity index is 1.63. The van der Waals surface area contributed by atoms with E-state index < -0.39 is 32.6 Å². The summed E-state index contributed by atoms with van der Waals surface area (Å²) < 4.78 is 50.9. The van der Waals surface area contributed by atoms with Crippen molar-refractivity contribution in [3.8, 4) is 11.3 Å². The number of H-pyrrole nitrogens is 1. The van der Waals surface area contributed by atoms with Crippen LogP contribution < -0.4 is 0 Å². The highest BCUT2D eigenvalue weighted by Crippen LogP contribution is 2.42. The van der Waals surface area contributed by atoms with Gasteiger partial charge >= 0.3 is 0 Å². The van der Waals surface area contributed by atoms with E-state index in [1.807, 2.05) is 18.2 Å². The molecule has 3 aromatic rings. The van der Waals surface area contributed by atoms with Gasteiger partial charge in [0.2, 0.25) is 5.90 Å². The second-order valence-corrected chi connectivity index (χ2v) is 10.3. The van der Waals surface area contributed by atoms with Crippen LogP contribution in [0.2, 0.25) is 0 Å². The molecule has 1 aromatic heterocycles. The fraction of sp³-hybridized carbons (Fsp3) is 0.333. The number of rotatable bonds is 7. The normalized spacial score (nSPS) is 20.0. The van der Waals surface area contributed by atoms with Crippen molar-refractivity contribution in [1.29, 1.82) is 0 Å². The molecular formula is C24H26FN3O4S. The van der Waals surface area contributed by atoms with Crippen LogP contribution >= 0.6 is 0 Å². The number of nitrogens with one attached hydrogen (secondary N) is 1. The fourth-order valence-electron chi connectivity index (χ4n) is 4.38. The molecule has 0 bridgehead atoms. The summed E-state index contributed by atoms with van der Waals surface area (Å²) in [5.41, 5.74) is 1.55. The summed E-state index contributed by atoms with van der Waals surface area (Å²) in [4.78, 5) is 0. The first kappa shape index (κ1) is 23.1. The Hall–Kier alpha value is -3.04. The van der Waals surface area contributed by atoms with Gasteiger partial charge in [-0.05, 0) is 55.0 Å². The predicted octanol–water partition coefficient (Wildman–Crippen LogP) is 4.35. The van der Waals surface area contributed by atoms with Crippen LogP contribution in [0.1, 0.15) is 49.0 Å². The number of ether oxygens (including phenoxy) is 1. The number of halogens is 1. The van der Waals surface area contributed by atoms with Gasteiger partial charge in [0, 0.05) is 19.2 Å². The third kappa shape index (κ3) is 4.84. The molecule has 9 heteroatoms. The minimum atomic E-state index is -3.97. The van der Waals surface area contributed by atoms with E-state index in [0.717, 1.165) is 11.3 Å². The highest BCUT2D eigenvalue weighted by atomic mass is 32.2. The monoisotopic (exact) mass is 471 g/mol. The molecule has 2 heterocycles. The van der Waals surface area contributed by atoms with Crippen molar-refractivity contribution in [1.82, 2.24) is 10.2 Å². The Morgan fingerprint density at radius 3 is 2.48 bits per heavy atom. The molecule has 0 aliphatic carbocycles. The number of aromatic nitrogens is 2. The van der Waals surface area contributed by atoms with Crippen molar-refractivity contribution in [3.63, 3.8) is 0 Å². The summed E-state index contributed by atoms with van der Waals surface area (Å²) >= 11 is 0. The van der Waals surface area contributed by atoms with Gasteiger partial charge in [0.1, 0.15) is 16.7 Å². The Labute approximate surface area is 192 Å². The average Bonchev–Trinajstić information content (AvgIpc) is 3.27. The number of aromatic amines is 1. The molecule has 174 valence electrons. The van der Waals surface area contributed by atoms with Crippen LogP contribution in [-0.4, -0.2) is 41.8 Å². The zero-order valence-corrected chi connectivity index (χ0v) is 19.2. The minimum Gasteiger partial charge on any atom is -0.472 e. The number of hydrogen-bond donors (Lipinski definition) is 2. The number of aliphatic hydroxyl groups excluding tert-OH is 1. The predicted molar refractivity (Wildman–Crippen MR) is 124 cm³/mol. The van der Waals surface area contributed by atoms with Crippen molar-refractivity contribution >= 4 is 15.9 Å². The SMILES string of the molecule is CC1(C)OC(C[C@@H](CCO)c2ccccc2F)=NS(=O)(=O)C1c1ccc(-c2ccn[nH]2)cc1. The van der Waals surface area contributed by atoms with Gasteiger partial charge < -0.3 is 9.84 Å². The Morgan fingerprint density at radius 2 is 1.88 bits per heavy atom. The van der Waals surface area contributed by atoms with Gasteiger partial charge in [-0.3, -0.25) is 5.10 Å². The van der Waals surface area contributed by atoms with Crippen molar-refractivity contribution in [3.05, 3.63) is 77.7 Å². The summed E-state index contributed by atoms with van der Waals surface area (Å²) in [6, 6.07) is 15.2. The Bertz CT molecular complexity index is 1240. The molecule has 0 saturated heterocycles. The van der Waals surface area contributed by atoms with Gasteiger partial charge in [-0.1, -0.05) is 42.5 Å². The van der Waals surface area contributed by atoms with E-state index in [1.54, 1.807) is 50.4 Å². The summed E-state index contributed by atoms with van der Waals surface area (Å²) in [7, 11) is -3.97. The van der Waals surface area contributed by atoms with Crippen LogP contribution in [0, 0.1) is 5.82 Å². The maximum atomic E-state index is 14.4. The molecule has 1 aliphatic heterocycles. The molecule has 4 rings (SSSR count). The first-order valence-electron chi connectivity index (χ1n) is 10.7. The van der Waals surface area contributed by atoms with E-state index in [-0.39, 0.29) is 25.3 Å². The third-order valence-corrected chi connectivity index (χ3v) is 7.70. The van der Waals surface area contributed by atoms with E-state index >= 15 is 0 Å². The molecule has 2 aromatic carbocycles. The fourth-order valence-corrected chi connectivity index (χ4v) is 6.14. The summed E-state index contributed by atoms with van der Waals surface area (Å²) in [5.74, 6) is -0.858. The standard InChI is InChI=1S/C24H26FN3O4S/c1-24(2)23(17-9-7-16(8-10-17)21-11-13-26-27-21)33(30,31)28-22(32-24)15-18(12-14-29)19-5-3-4-6-20(19)25/h3-11,13,18,23,29H,12,14-15H2,1-2H3,(H,26,27)/t18-,23?/m1/s1. The van der Waals surface area contributed by atoms with E-state index in [1.165, 1.54) is 6.07 Å². The second-order valence-electron chi connectivity index (χ2n) is 8.61. The molecule has 0 fully saturated rings. The van der Waals surface area contributed by atoms with Crippen LogP contribution in [0.25, 0.3) is 11.3 Å². The van der Waals surface area contributed by atoms with Crippen LogP contribution in [0.5, 0.6) is 0 Å². The zero-order valence-electron chi connectivity index (χ0n) is 18.4. The van der Waals surface area contributed by atoms with Crippen molar-refractivity contribution < 1.29 is 22.7 Å². The zero-order chi connectivity index (χ0) is 23.6. The highest BCUT2D eigenvalue weighted by molar-refractivity contribution is 7.90. The molecule has 2 N–H and O–H groups in total. The molecule has 0 amide bonds. The first-order chi connectivity index (χ1) is 15.7. The number of benzene rings is 2. The lowest BCUT2D eigenvalue weighted by Crippen LogP contribution is -2.43. The average molecular weight is 472 g/mol.